The average molecular weight is 401 g/mol. The average Bonchev–Trinajstić information content (AvgIpc) is 3.07. The second-order valence-corrected chi connectivity index (χ2v) is 8.25. The van der Waals surface area contributed by atoms with Crippen LogP contribution in [0.15, 0.2) is 4.34 Å². The molecule has 2 rings (SSSR count). The number of hydrogen-bond donors (Lipinski definition) is 1. The molecule has 1 aliphatic heterocycles. The molecule has 10 heteroatoms. The van der Waals surface area contributed by atoms with Crippen LogP contribution in [0.1, 0.15) is 39.5 Å². The first-order valence-electron chi connectivity index (χ1n) is 8.74. The van der Waals surface area contributed by atoms with Gasteiger partial charge in [0.2, 0.25) is 16.9 Å². The number of rotatable bonds is 8. The number of nitrogens with zero attached hydrogens (tertiary/aromatic N) is 3. The van der Waals surface area contributed by atoms with Gasteiger partial charge in [0.25, 0.3) is 0 Å². The van der Waals surface area contributed by atoms with Crippen LogP contribution in [0.2, 0.25) is 0 Å². The van der Waals surface area contributed by atoms with Crippen molar-refractivity contribution in [3.63, 3.8) is 0 Å². The number of likely N-dealkylation sites (tertiary alicyclic amines) is 1. The molecular weight excluding hydrogens is 376 g/mol. The first kappa shape index (κ1) is 20.6. The summed E-state index contributed by atoms with van der Waals surface area (Å²) in [7, 11) is 0. The summed E-state index contributed by atoms with van der Waals surface area (Å²) in [4.78, 5) is 37.6. The summed E-state index contributed by atoms with van der Waals surface area (Å²) >= 11 is 2.89. The van der Waals surface area contributed by atoms with Crippen LogP contribution in [0.4, 0.5) is 5.13 Å². The van der Waals surface area contributed by atoms with Gasteiger partial charge >= 0.3 is 5.97 Å². The lowest BCUT2D eigenvalue weighted by Gasteiger charge is -2.30. The zero-order valence-electron chi connectivity index (χ0n) is 15.0. The molecule has 1 aromatic rings. The number of carbonyl (C=O) groups excluding carboxylic acids is 3. The minimum absolute atomic E-state index is 0.0676. The van der Waals surface area contributed by atoms with Crippen molar-refractivity contribution in [1.82, 2.24) is 15.1 Å². The monoisotopic (exact) mass is 400 g/mol. The number of piperidine rings is 1. The summed E-state index contributed by atoms with van der Waals surface area (Å²) in [5, 5.41) is 11.0. The van der Waals surface area contributed by atoms with Crippen LogP contribution in [-0.4, -0.2) is 58.3 Å². The highest BCUT2D eigenvalue weighted by molar-refractivity contribution is 8.01. The van der Waals surface area contributed by atoms with E-state index in [-0.39, 0.29) is 36.5 Å². The van der Waals surface area contributed by atoms with Crippen molar-refractivity contribution in [3.8, 4) is 0 Å². The normalized spacial score (nSPS) is 14.9. The van der Waals surface area contributed by atoms with Crippen molar-refractivity contribution in [2.24, 2.45) is 5.92 Å². The Balaban J connectivity index is 1.69. The van der Waals surface area contributed by atoms with Crippen LogP contribution in [-0.2, 0) is 19.1 Å². The lowest BCUT2D eigenvalue weighted by molar-refractivity contribution is -0.151. The van der Waals surface area contributed by atoms with E-state index in [4.69, 9.17) is 4.74 Å². The van der Waals surface area contributed by atoms with Crippen molar-refractivity contribution in [1.29, 1.82) is 0 Å². The molecule has 26 heavy (non-hydrogen) atoms. The number of aromatic nitrogens is 2. The summed E-state index contributed by atoms with van der Waals surface area (Å²) in [5.41, 5.74) is 0. The zero-order valence-corrected chi connectivity index (χ0v) is 16.7. The van der Waals surface area contributed by atoms with E-state index in [1.54, 1.807) is 23.6 Å². The molecule has 0 atom stereocenters. The van der Waals surface area contributed by atoms with Crippen LogP contribution in [0.5, 0.6) is 0 Å². The van der Waals surface area contributed by atoms with Crippen LogP contribution in [0.25, 0.3) is 0 Å². The fourth-order valence-corrected chi connectivity index (χ4v) is 4.29. The molecule has 144 valence electrons. The molecule has 1 aliphatic rings. The van der Waals surface area contributed by atoms with Gasteiger partial charge in [-0.1, -0.05) is 30.0 Å². The Hall–Kier alpha value is -1.68. The lowest BCUT2D eigenvalue weighted by Crippen LogP contribution is -2.40. The maximum Gasteiger partial charge on any atom is 0.309 e. The number of nitrogens with one attached hydrogen (secondary N) is 1. The van der Waals surface area contributed by atoms with E-state index in [0.717, 1.165) is 10.1 Å². The van der Waals surface area contributed by atoms with Gasteiger partial charge in [-0.05, 0) is 25.5 Å². The third-order valence-corrected chi connectivity index (χ3v) is 5.81. The predicted octanol–water partition coefficient (Wildman–Crippen LogP) is 2.17. The van der Waals surface area contributed by atoms with Gasteiger partial charge in [-0.2, -0.15) is 0 Å². The molecule has 0 aromatic carbocycles. The third-order valence-electron chi connectivity index (χ3n) is 3.95. The van der Waals surface area contributed by atoms with Gasteiger partial charge < -0.3 is 15.0 Å². The number of esters is 1. The van der Waals surface area contributed by atoms with E-state index in [1.807, 2.05) is 6.92 Å². The van der Waals surface area contributed by atoms with E-state index in [1.165, 1.54) is 11.3 Å². The van der Waals surface area contributed by atoms with Gasteiger partial charge in [0.15, 0.2) is 4.34 Å². The van der Waals surface area contributed by atoms with Gasteiger partial charge in [0.05, 0.1) is 12.5 Å². The number of thioether (sulfide) groups is 1. The summed E-state index contributed by atoms with van der Waals surface area (Å²) in [6.07, 6.45) is 1.47. The Labute approximate surface area is 161 Å². The van der Waals surface area contributed by atoms with E-state index in [9.17, 15) is 14.4 Å². The molecule has 0 aliphatic carbocycles. The molecular formula is C16H24N4O4S2. The van der Waals surface area contributed by atoms with E-state index in [2.05, 4.69) is 15.5 Å². The number of hydrogen-bond acceptors (Lipinski definition) is 8. The maximum atomic E-state index is 12.2. The highest BCUT2D eigenvalue weighted by Gasteiger charge is 2.28. The second-order valence-electron chi connectivity index (χ2n) is 5.76. The minimum atomic E-state index is -0.246. The summed E-state index contributed by atoms with van der Waals surface area (Å²) in [6.45, 7) is 5.23. The first-order chi connectivity index (χ1) is 12.5. The highest BCUT2D eigenvalue weighted by atomic mass is 32.2. The summed E-state index contributed by atoms with van der Waals surface area (Å²) in [5.74, 6) is 0.265. The van der Waals surface area contributed by atoms with Gasteiger partial charge in [-0.15, -0.1) is 10.2 Å². The van der Waals surface area contributed by atoms with Crippen molar-refractivity contribution in [3.05, 3.63) is 0 Å². The number of anilines is 1. The molecule has 1 N–H and O–H groups in total. The fraction of sp³-hybridized carbons (Fsp3) is 0.688. The number of ether oxygens (including phenoxy) is 1. The molecule has 0 saturated carbocycles. The lowest BCUT2D eigenvalue weighted by atomic mass is 9.96. The number of carbonyl (C=O) groups is 3. The predicted molar refractivity (Wildman–Crippen MR) is 100 cm³/mol. The van der Waals surface area contributed by atoms with Crippen molar-refractivity contribution in [2.45, 2.75) is 43.9 Å². The largest absolute Gasteiger partial charge is 0.466 e. The fourth-order valence-electron chi connectivity index (χ4n) is 2.63. The Morgan fingerprint density at radius 2 is 1.96 bits per heavy atom. The SMILES string of the molecule is CCOC(=O)C1CCN(C(=O)CCC(=O)Nc2nnc(SCC)s2)CC1. The topological polar surface area (TPSA) is 101 Å². The summed E-state index contributed by atoms with van der Waals surface area (Å²) in [6, 6.07) is 0. The standard InChI is InChI=1S/C16H24N4O4S2/c1-3-24-14(23)11-7-9-20(10-8-11)13(22)6-5-12(21)17-15-18-19-16(26-15)25-4-2/h11H,3-10H2,1-2H3,(H,17,18,21). The first-order valence-corrected chi connectivity index (χ1v) is 10.5. The Bertz CT molecular complexity index is 630. The van der Waals surface area contributed by atoms with Crippen LogP contribution in [0, 0.1) is 5.92 Å². The van der Waals surface area contributed by atoms with Crippen LogP contribution < -0.4 is 5.32 Å². The molecule has 1 aromatic heterocycles. The van der Waals surface area contributed by atoms with Gasteiger partial charge in [0.1, 0.15) is 0 Å². The summed E-state index contributed by atoms with van der Waals surface area (Å²) < 4.78 is 5.83. The van der Waals surface area contributed by atoms with Crippen molar-refractivity contribution >= 4 is 46.0 Å². The molecule has 1 fully saturated rings. The Morgan fingerprint density at radius 3 is 2.62 bits per heavy atom. The smallest absolute Gasteiger partial charge is 0.309 e. The molecule has 0 unspecified atom stereocenters. The zero-order chi connectivity index (χ0) is 18.9. The molecule has 0 radical (unpaired) electrons. The molecule has 2 amide bonds. The molecule has 2 heterocycles. The minimum Gasteiger partial charge on any atom is -0.466 e. The molecule has 8 nitrogen and oxygen atoms in total. The van der Waals surface area contributed by atoms with Crippen LogP contribution >= 0.6 is 23.1 Å². The van der Waals surface area contributed by atoms with Crippen LogP contribution in [0.3, 0.4) is 0 Å². The Morgan fingerprint density at radius 1 is 1.23 bits per heavy atom. The number of amides is 2. The third kappa shape index (κ3) is 6.24. The van der Waals surface area contributed by atoms with E-state index >= 15 is 0 Å². The molecule has 0 spiro atoms. The molecule has 1 saturated heterocycles. The Kier molecular flexibility index (Phi) is 8.30. The highest BCUT2D eigenvalue weighted by Crippen LogP contribution is 2.25. The van der Waals surface area contributed by atoms with E-state index in [0.29, 0.717) is 37.7 Å². The van der Waals surface area contributed by atoms with Gasteiger partial charge in [-0.3, -0.25) is 14.4 Å². The van der Waals surface area contributed by atoms with Gasteiger partial charge in [-0.25, -0.2) is 0 Å². The van der Waals surface area contributed by atoms with E-state index < -0.39 is 0 Å². The van der Waals surface area contributed by atoms with Crippen molar-refractivity contribution in [2.75, 3.05) is 30.8 Å². The second kappa shape index (κ2) is 10.5. The van der Waals surface area contributed by atoms with Crippen molar-refractivity contribution < 1.29 is 19.1 Å². The molecule has 0 bridgehead atoms. The maximum absolute atomic E-state index is 12.2. The van der Waals surface area contributed by atoms with Gasteiger partial charge in [0, 0.05) is 25.9 Å². The quantitative estimate of drug-likeness (QED) is 0.405.